The molecular formula is C38H53N4. The van der Waals surface area contributed by atoms with E-state index >= 15 is 0 Å². The minimum Gasteiger partial charge on any atom is -0.373 e. The Labute approximate surface area is 257 Å². The molecule has 0 saturated carbocycles. The fourth-order valence-corrected chi connectivity index (χ4v) is 5.48. The van der Waals surface area contributed by atoms with E-state index in [1.807, 2.05) is 6.07 Å². The van der Waals surface area contributed by atoms with E-state index in [0.717, 1.165) is 37.4 Å². The minimum atomic E-state index is 0.493. The summed E-state index contributed by atoms with van der Waals surface area (Å²) in [6, 6.07) is 28.3. The zero-order chi connectivity index (χ0) is 30.2. The lowest BCUT2D eigenvalue weighted by molar-refractivity contribution is 0.678. The van der Waals surface area contributed by atoms with Crippen LogP contribution in [0.1, 0.15) is 85.5 Å². The summed E-state index contributed by atoms with van der Waals surface area (Å²) < 4.78 is 0. The summed E-state index contributed by atoms with van der Waals surface area (Å²) >= 11 is 0. The van der Waals surface area contributed by atoms with Gasteiger partial charge in [0.05, 0.1) is 12.5 Å². The van der Waals surface area contributed by atoms with Crippen LogP contribution in [0.5, 0.6) is 0 Å². The van der Waals surface area contributed by atoms with Crippen molar-refractivity contribution >= 4 is 17.1 Å². The summed E-state index contributed by atoms with van der Waals surface area (Å²) in [4.78, 5) is 7.29. The molecule has 1 radical (unpaired) electrons. The number of anilines is 3. The van der Waals surface area contributed by atoms with Crippen LogP contribution < -0.4 is 14.7 Å². The van der Waals surface area contributed by atoms with Crippen molar-refractivity contribution in [2.45, 2.75) is 85.5 Å². The smallest absolute Gasteiger partial charge is 0.0640 e. The number of rotatable bonds is 19. The standard InChI is InChI=1S/C38H53N4/c1-6-10-28-41(29-11-7-2)34-22-18-32(19-23-34)36-16-14-17-37(40(5)27-15-26-39)38(36)33-20-24-35(25-21-33)42(30-12-8-3)31-13-9-4/h14,17-25H,6-13,15,27-31H2,1-5H3. The van der Waals surface area contributed by atoms with Crippen LogP contribution in [0.2, 0.25) is 0 Å². The highest BCUT2D eigenvalue weighted by atomic mass is 15.1. The molecule has 3 rings (SSSR count). The summed E-state index contributed by atoms with van der Waals surface area (Å²) in [5, 5.41) is 9.27. The highest BCUT2D eigenvalue weighted by Crippen LogP contribution is 2.40. The van der Waals surface area contributed by atoms with E-state index in [-0.39, 0.29) is 0 Å². The Morgan fingerprint density at radius 2 is 1.07 bits per heavy atom. The van der Waals surface area contributed by atoms with Gasteiger partial charge in [0.15, 0.2) is 0 Å². The van der Waals surface area contributed by atoms with Crippen LogP contribution in [0, 0.1) is 17.4 Å². The Morgan fingerprint density at radius 3 is 1.50 bits per heavy atom. The van der Waals surface area contributed by atoms with Crippen molar-refractivity contribution < 1.29 is 0 Å². The Balaban J connectivity index is 2.03. The van der Waals surface area contributed by atoms with Gasteiger partial charge in [-0.3, -0.25) is 0 Å². The number of unbranched alkanes of at least 4 members (excludes halogenated alkanes) is 4. The van der Waals surface area contributed by atoms with E-state index in [9.17, 15) is 5.26 Å². The molecule has 225 valence electrons. The highest BCUT2D eigenvalue weighted by Gasteiger charge is 2.17. The third kappa shape index (κ3) is 9.28. The van der Waals surface area contributed by atoms with E-state index in [0.29, 0.717) is 13.0 Å². The van der Waals surface area contributed by atoms with Gasteiger partial charge in [0.2, 0.25) is 0 Å². The van der Waals surface area contributed by atoms with E-state index in [1.165, 1.54) is 79.4 Å². The quantitative estimate of drug-likeness (QED) is 0.145. The van der Waals surface area contributed by atoms with Crippen LogP contribution in [-0.4, -0.2) is 39.8 Å². The van der Waals surface area contributed by atoms with Gasteiger partial charge in [0.1, 0.15) is 0 Å². The van der Waals surface area contributed by atoms with Gasteiger partial charge in [-0.2, -0.15) is 5.26 Å². The number of nitrogens with zero attached hydrogens (tertiary/aromatic N) is 4. The molecule has 0 aliphatic carbocycles. The molecule has 0 atom stereocenters. The molecule has 0 spiro atoms. The topological polar surface area (TPSA) is 33.5 Å². The van der Waals surface area contributed by atoms with E-state index in [4.69, 9.17) is 0 Å². The molecule has 3 aromatic rings. The third-order valence-electron chi connectivity index (χ3n) is 8.11. The van der Waals surface area contributed by atoms with Gasteiger partial charge in [-0.15, -0.1) is 0 Å². The zero-order valence-corrected chi connectivity index (χ0v) is 27.0. The average Bonchev–Trinajstić information content (AvgIpc) is 3.03. The Bertz CT molecular complexity index is 1190. The van der Waals surface area contributed by atoms with E-state index in [2.05, 4.69) is 116 Å². The molecular weight excluding hydrogens is 512 g/mol. The van der Waals surface area contributed by atoms with Crippen LogP contribution in [0.15, 0.2) is 60.7 Å². The molecule has 0 aromatic heterocycles. The summed E-state index contributed by atoms with van der Waals surface area (Å²) in [5.74, 6) is 0. The monoisotopic (exact) mass is 565 g/mol. The van der Waals surface area contributed by atoms with Crippen molar-refractivity contribution in [2.24, 2.45) is 0 Å². The summed E-state index contributed by atoms with van der Waals surface area (Å²) in [6.45, 7) is 14.1. The Hall–Kier alpha value is -3.45. The van der Waals surface area contributed by atoms with Crippen molar-refractivity contribution in [3.05, 3.63) is 66.7 Å². The molecule has 0 fully saturated rings. The largest absolute Gasteiger partial charge is 0.373 e. The first-order valence-corrected chi connectivity index (χ1v) is 16.4. The first kappa shape index (κ1) is 33.1. The first-order valence-electron chi connectivity index (χ1n) is 16.4. The zero-order valence-electron chi connectivity index (χ0n) is 27.0. The number of hydrogen-bond acceptors (Lipinski definition) is 4. The van der Waals surface area contributed by atoms with E-state index < -0.39 is 0 Å². The lowest BCUT2D eigenvalue weighted by atomic mass is 9.92. The summed E-state index contributed by atoms with van der Waals surface area (Å²) in [5.41, 5.74) is 8.38. The molecule has 0 saturated heterocycles. The second kappa shape index (κ2) is 18.2. The van der Waals surface area contributed by atoms with Crippen LogP contribution in [0.3, 0.4) is 0 Å². The molecule has 0 bridgehead atoms. The lowest BCUT2D eigenvalue weighted by Crippen LogP contribution is -2.25. The summed E-state index contributed by atoms with van der Waals surface area (Å²) in [7, 11) is 2.09. The summed E-state index contributed by atoms with van der Waals surface area (Å²) in [6.07, 6.45) is 10.2. The maximum absolute atomic E-state index is 9.27. The predicted octanol–water partition coefficient (Wildman–Crippen LogP) is 9.98. The fraction of sp³-hybridized carbons (Fsp3) is 0.500. The van der Waals surface area contributed by atoms with Crippen molar-refractivity contribution in [3.8, 4) is 28.3 Å². The molecule has 4 heteroatoms. The number of nitriles is 1. The third-order valence-corrected chi connectivity index (χ3v) is 8.11. The average molecular weight is 566 g/mol. The predicted molar refractivity (Wildman–Crippen MR) is 184 cm³/mol. The van der Waals surface area contributed by atoms with Crippen LogP contribution in [-0.2, 0) is 0 Å². The highest BCUT2D eigenvalue weighted by molar-refractivity contribution is 5.92. The van der Waals surface area contributed by atoms with Gasteiger partial charge in [0, 0.05) is 62.4 Å². The molecule has 3 aromatic carbocycles. The number of hydrogen-bond donors (Lipinski definition) is 0. The van der Waals surface area contributed by atoms with Crippen LogP contribution in [0.25, 0.3) is 22.3 Å². The second-order valence-corrected chi connectivity index (χ2v) is 11.4. The molecule has 0 aliphatic heterocycles. The normalized spacial score (nSPS) is 10.9. The SMILES string of the molecule is CCCCN(CCCC)c1ccc(-c2[c]ccc(N(C)CCC#N)c2-c2ccc(N(CCCC)CCCC)cc2)cc1. The minimum absolute atomic E-state index is 0.493. The van der Waals surface area contributed by atoms with Crippen molar-refractivity contribution in [1.82, 2.24) is 0 Å². The van der Waals surface area contributed by atoms with Gasteiger partial charge in [0.25, 0.3) is 0 Å². The molecule has 0 unspecified atom stereocenters. The Morgan fingerprint density at radius 1 is 0.619 bits per heavy atom. The molecule has 42 heavy (non-hydrogen) atoms. The molecule has 0 N–H and O–H groups in total. The van der Waals surface area contributed by atoms with Crippen molar-refractivity contribution in [1.29, 1.82) is 5.26 Å². The number of benzene rings is 3. The lowest BCUT2D eigenvalue weighted by Gasteiger charge is -2.27. The van der Waals surface area contributed by atoms with Crippen molar-refractivity contribution in [2.75, 3.05) is 54.5 Å². The Kier molecular flexibility index (Phi) is 14.3. The molecule has 0 heterocycles. The van der Waals surface area contributed by atoms with Crippen LogP contribution >= 0.6 is 0 Å². The fourth-order valence-electron chi connectivity index (χ4n) is 5.48. The molecule has 4 nitrogen and oxygen atoms in total. The van der Waals surface area contributed by atoms with E-state index in [1.54, 1.807) is 0 Å². The van der Waals surface area contributed by atoms with Gasteiger partial charge in [-0.25, -0.2) is 0 Å². The van der Waals surface area contributed by atoms with Crippen molar-refractivity contribution in [3.63, 3.8) is 0 Å². The molecule has 0 aliphatic rings. The molecule has 0 amide bonds. The van der Waals surface area contributed by atoms with Gasteiger partial charge in [-0.1, -0.05) is 83.7 Å². The second-order valence-electron chi connectivity index (χ2n) is 11.4. The maximum Gasteiger partial charge on any atom is 0.0640 e. The maximum atomic E-state index is 9.27. The van der Waals surface area contributed by atoms with Gasteiger partial charge < -0.3 is 14.7 Å². The van der Waals surface area contributed by atoms with Crippen LogP contribution in [0.4, 0.5) is 17.1 Å². The van der Waals surface area contributed by atoms with Gasteiger partial charge >= 0.3 is 0 Å². The first-order chi connectivity index (χ1) is 20.6. The van der Waals surface area contributed by atoms with Gasteiger partial charge in [-0.05, 0) is 78.8 Å².